The number of aromatic nitrogens is 1. The van der Waals surface area contributed by atoms with Gasteiger partial charge in [-0.05, 0) is 24.4 Å². The van der Waals surface area contributed by atoms with Gasteiger partial charge in [0.2, 0.25) is 0 Å². The Morgan fingerprint density at radius 3 is 2.68 bits per heavy atom. The van der Waals surface area contributed by atoms with Gasteiger partial charge in [-0.1, -0.05) is 12.1 Å². The van der Waals surface area contributed by atoms with Crippen molar-refractivity contribution in [2.75, 3.05) is 5.32 Å². The van der Waals surface area contributed by atoms with Crippen LogP contribution in [-0.4, -0.2) is 10.1 Å². The Labute approximate surface area is 116 Å². The fourth-order valence-electron chi connectivity index (χ4n) is 1.44. The molecule has 0 saturated carbocycles. The maximum Gasteiger partial charge on any atom is 0.443 e. The number of hydrogen-bond donors (Lipinski definition) is 2. The standard InChI is InChI=1S/C11H8F3N3S2/c12-11(13,14)9-17-8(5-19-9)6-2-1-3-7(4-6)16-10(15)18/h1-5H,(H3,15,16,18). The van der Waals surface area contributed by atoms with Crippen molar-refractivity contribution in [1.82, 2.24) is 4.98 Å². The molecule has 1 aromatic carbocycles. The smallest absolute Gasteiger partial charge is 0.376 e. The summed E-state index contributed by atoms with van der Waals surface area (Å²) in [5, 5.41) is 3.30. The van der Waals surface area contributed by atoms with E-state index in [0.717, 1.165) is 0 Å². The topological polar surface area (TPSA) is 50.9 Å². The maximum atomic E-state index is 12.5. The molecule has 0 aliphatic rings. The summed E-state index contributed by atoms with van der Waals surface area (Å²) in [6, 6.07) is 6.69. The fraction of sp³-hybridized carbons (Fsp3) is 0.0909. The van der Waals surface area contributed by atoms with Crippen LogP contribution in [0.2, 0.25) is 0 Å². The Morgan fingerprint density at radius 1 is 1.37 bits per heavy atom. The van der Waals surface area contributed by atoms with Gasteiger partial charge in [-0.3, -0.25) is 0 Å². The van der Waals surface area contributed by atoms with Crippen molar-refractivity contribution >= 4 is 34.4 Å². The van der Waals surface area contributed by atoms with Gasteiger partial charge in [-0.2, -0.15) is 13.2 Å². The van der Waals surface area contributed by atoms with Crippen molar-refractivity contribution in [3.05, 3.63) is 34.7 Å². The van der Waals surface area contributed by atoms with E-state index in [1.165, 1.54) is 5.38 Å². The number of nitrogens with two attached hydrogens (primary N) is 1. The van der Waals surface area contributed by atoms with E-state index in [1.807, 2.05) is 0 Å². The molecule has 0 saturated heterocycles. The van der Waals surface area contributed by atoms with Gasteiger partial charge in [0.15, 0.2) is 10.1 Å². The predicted octanol–water partition coefficient (Wildman–Crippen LogP) is 3.48. The summed E-state index contributed by atoms with van der Waals surface area (Å²) in [7, 11) is 0. The van der Waals surface area contributed by atoms with Crippen molar-refractivity contribution < 1.29 is 13.2 Å². The molecular formula is C11H8F3N3S2. The van der Waals surface area contributed by atoms with E-state index in [2.05, 4.69) is 10.3 Å². The molecule has 100 valence electrons. The van der Waals surface area contributed by atoms with Gasteiger partial charge < -0.3 is 11.1 Å². The Morgan fingerprint density at radius 2 is 2.11 bits per heavy atom. The SMILES string of the molecule is NC(=S)Nc1cccc(-c2csc(C(F)(F)F)n2)c1. The van der Waals surface area contributed by atoms with E-state index in [-0.39, 0.29) is 10.8 Å². The van der Waals surface area contributed by atoms with Crippen LogP contribution in [0.15, 0.2) is 29.6 Å². The number of halogens is 3. The second-order valence-electron chi connectivity index (χ2n) is 3.61. The van der Waals surface area contributed by atoms with Gasteiger partial charge in [-0.15, -0.1) is 11.3 Å². The van der Waals surface area contributed by atoms with E-state index < -0.39 is 11.2 Å². The first-order valence-corrected chi connectivity index (χ1v) is 6.34. The molecule has 0 amide bonds. The summed E-state index contributed by atoms with van der Waals surface area (Å²) in [6.45, 7) is 0. The van der Waals surface area contributed by atoms with E-state index in [4.69, 9.17) is 18.0 Å². The summed E-state index contributed by atoms with van der Waals surface area (Å²) in [5.74, 6) is 0. The lowest BCUT2D eigenvalue weighted by Crippen LogP contribution is -2.18. The number of thiocarbonyl (C=S) groups is 1. The van der Waals surface area contributed by atoms with Crippen molar-refractivity contribution in [2.45, 2.75) is 6.18 Å². The number of benzene rings is 1. The van der Waals surface area contributed by atoms with Gasteiger partial charge in [0.1, 0.15) is 0 Å². The molecule has 0 bridgehead atoms. The largest absolute Gasteiger partial charge is 0.443 e. The Hall–Kier alpha value is -1.67. The van der Waals surface area contributed by atoms with Crippen molar-refractivity contribution in [3.8, 4) is 11.3 Å². The number of hydrogen-bond acceptors (Lipinski definition) is 3. The molecule has 3 nitrogen and oxygen atoms in total. The highest BCUT2D eigenvalue weighted by Crippen LogP contribution is 2.34. The van der Waals surface area contributed by atoms with Crippen LogP contribution in [0, 0.1) is 0 Å². The molecule has 0 aliphatic carbocycles. The quantitative estimate of drug-likeness (QED) is 0.834. The van der Waals surface area contributed by atoms with E-state index in [0.29, 0.717) is 22.6 Å². The molecule has 0 spiro atoms. The summed E-state index contributed by atoms with van der Waals surface area (Å²) >= 11 is 5.26. The first kappa shape index (κ1) is 13.8. The first-order valence-electron chi connectivity index (χ1n) is 5.06. The summed E-state index contributed by atoms with van der Waals surface area (Å²) in [6.07, 6.45) is -4.42. The lowest BCUT2D eigenvalue weighted by atomic mass is 10.1. The molecule has 2 rings (SSSR count). The average molecular weight is 303 g/mol. The van der Waals surface area contributed by atoms with Gasteiger partial charge in [0.25, 0.3) is 0 Å². The van der Waals surface area contributed by atoms with E-state index >= 15 is 0 Å². The number of alkyl halides is 3. The van der Waals surface area contributed by atoms with Crippen LogP contribution in [0.5, 0.6) is 0 Å². The number of thiazole rings is 1. The van der Waals surface area contributed by atoms with Crippen LogP contribution in [0.25, 0.3) is 11.3 Å². The van der Waals surface area contributed by atoms with Gasteiger partial charge in [0.05, 0.1) is 5.69 Å². The second kappa shape index (κ2) is 5.14. The average Bonchev–Trinajstić information content (AvgIpc) is 2.77. The van der Waals surface area contributed by atoms with Crippen molar-refractivity contribution in [3.63, 3.8) is 0 Å². The molecule has 2 aromatic rings. The number of nitrogens with zero attached hydrogens (tertiary/aromatic N) is 1. The zero-order valence-electron chi connectivity index (χ0n) is 9.36. The second-order valence-corrected chi connectivity index (χ2v) is 4.90. The third kappa shape index (κ3) is 3.42. The van der Waals surface area contributed by atoms with Crippen LogP contribution in [0.1, 0.15) is 5.01 Å². The van der Waals surface area contributed by atoms with Crippen LogP contribution >= 0.6 is 23.6 Å². The molecule has 3 N–H and O–H groups in total. The lowest BCUT2D eigenvalue weighted by Gasteiger charge is -2.05. The van der Waals surface area contributed by atoms with Gasteiger partial charge in [0, 0.05) is 16.6 Å². The molecule has 1 aromatic heterocycles. The predicted molar refractivity (Wildman–Crippen MR) is 73.0 cm³/mol. The van der Waals surface area contributed by atoms with Crippen LogP contribution < -0.4 is 11.1 Å². The minimum atomic E-state index is -4.42. The third-order valence-electron chi connectivity index (χ3n) is 2.17. The van der Waals surface area contributed by atoms with Crippen LogP contribution in [-0.2, 0) is 6.18 Å². The maximum absolute atomic E-state index is 12.5. The fourth-order valence-corrected chi connectivity index (χ4v) is 2.25. The Bertz CT molecular complexity index is 607. The Balaban J connectivity index is 2.31. The first-order chi connectivity index (χ1) is 8.86. The zero-order valence-corrected chi connectivity index (χ0v) is 11.0. The number of rotatable bonds is 2. The minimum absolute atomic E-state index is 0.0893. The summed E-state index contributed by atoms with van der Waals surface area (Å²) < 4.78 is 37.4. The molecule has 1 heterocycles. The molecule has 0 atom stereocenters. The highest BCUT2D eigenvalue weighted by molar-refractivity contribution is 7.80. The zero-order chi connectivity index (χ0) is 14.0. The van der Waals surface area contributed by atoms with E-state index in [1.54, 1.807) is 24.3 Å². The molecule has 8 heteroatoms. The highest BCUT2D eigenvalue weighted by atomic mass is 32.1. The third-order valence-corrected chi connectivity index (χ3v) is 3.16. The molecular weight excluding hydrogens is 295 g/mol. The molecule has 0 radical (unpaired) electrons. The minimum Gasteiger partial charge on any atom is -0.376 e. The number of nitrogens with one attached hydrogen (secondary N) is 1. The summed E-state index contributed by atoms with van der Waals surface area (Å²) in [4.78, 5) is 3.57. The lowest BCUT2D eigenvalue weighted by molar-refractivity contribution is -0.137. The molecule has 0 aliphatic heterocycles. The van der Waals surface area contributed by atoms with Crippen LogP contribution in [0.3, 0.4) is 0 Å². The molecule has 19 heavy (non-hydrogen) atoms. The molecule has 0 fully saturated rings. The Kier molecular flexibility index (Phi) is 3.72. The van der Waals surface area contributed by atoms with E-state index in [9.17, 15) is 13.2 Å². The monoisotopic (exact) mass is 303 g/mol. The normalized spacial score (nSPS) is 11.3. The van der Waals surface area contributed by atoms with Crippen molar-refractivity contribution in [1.29, 1.82) is 0 Å². The number of anilines is 1. The molecule has 0 unspecified atom stereocenters. The highest BCUT2D eigenvalue weighted by Gasteiger charge is 2.34. The van der Waals surface area contributed by atoms with Gasteiger partial charge in [-0.25, -0.2) is 4.98 Å². The van der Waals surface area contributed by atoms with Gasteiger partial charge >= 0.3 is 6.18 Å². The van der Waals surface area contributed by atoms with Crippen molar-refractivity contribution in [2.24, 2.45) is 5.73 Å². The summed E-state index contributed by atoms with van der Waals surface area (Å²) in [5.41, 5.74) is 6.77. The van der Waals surface area contributed by atoms with Crippen LogP contribution in [0.4, 0.5) is 18.9 Å².